The molecule has 5 atom stereocenters. The molecule has 0 saturated carbocycles. The summed E-state index contributed by atoms with van der Waals surface area (Å²) >= 11 is 0. The number of alkyl carbamates (subject to hydrolysis) is 1. The number of anilines is 2. The van der Waals surface area contributed by atoms with E-state index in [2.05, 4.69) is 25.5 Å². The van der Waals surface area contributed by atoms with Crippen LogP contribution in [0.3, 0.4) is 0 Å². The Labute approximate surface area is 357 Å². The normalized spacial score (nSPS) is 20.2. The highest BCUT2D eigenvalue weighted by Crippen LogP contribution is 2.44. The van der Waals surface area contributed by atoms with E-state index in [1.54, 1.807) is 39.0 Å². The number of hydrogen-bond donors (Lipinski definition) is 2. The zero-order chi connectivity index (χ0) is 44.0. The van der Waals surface area contributed by atoms with Crippen LogP contribution in [0.4, 0.5) is 21.1 Å². The van der Waals surface area contributed by atoms with Gasteiger partial charge in [-0.15, -0.1) is 0 Å². The highest BCUT2D eigenvalue weighted by Gasteiger charge is 2.56. The molecule has 330 valence electrons. The molecule has 2 N–H and O–H groups in total. The summed E-state index contributed by atoms with van der Waals surface area (Å²) in [6, 6.07) is 17.9. The van der Waals surface area contributed by atoms with Crippen LogP contribution in [0.25, 0.3) is 11.2 Å². The SMILES string of the molecule is CN(CCCN(CCC(NC(=O)OCc1ccccc1)C(=O)OC(C)(C)C)C[C@H]1O[C@@H](n2cnc3c(Nc4ccccc4)ncnc32)[C@@H]2OC(C)(C)O[C@@H]21)C(=O)OC(C)(C)C. The Hall–Kier alpha value is -5.36. The van der Waals surface area contributed by atoms with E-state index in [4.69, 9.17) is 33.4 Å². The molecule has 1 unspecified atom stereocenters. The predicted octanol–water partition coefficient (Wildman–Crippen LogP) is 6.57. The lowest BCUT2D eigenvalue weighted by molar-refractivity contribution is -0.198. The summed E-state index contributed by atoms with van der Waals surface area (Å²) in [5.74, 6) is -0.951. The van der Waals surface area contributed by atoms with E-state index in [1.165, 1.54) is 6.33 Å². The first-order valence-corrected chi connectivity index (χ1v) is 20.7. The highest BCUT2D eigenvalue weighted by molar-refractivity contribution is 5.85. The number of aromatic nitrogens is 4. The van der Waals surface area contributed by atoms with Gasteiger partial charge in [-0.3, -0.25) is 4.57 Å². The maximum absolute atomic E-state index is 13.6. The number of imidazole rings is 1. The molecule has 2 saturated heterocycles. The Morgan fingerprint density at radius 3 is 2.23 bits per heavy atom. The van der Waals surface area contributed by atoms with Gasteiger partial charge in [0.15, 0.2) is 29.0 Å². The maximum atomic E-state index is 13.6. The molecule has 0 bridgehead atoms. The second-order valence-electron chi connectivity index (χ2n) is 17.8. The minimum absolute atomic E-state index is 0.0370. The third-order valence-electron chi connectivity index (χ3n) is 9.84. The topological polar surface area (TPSA) is 181 Å². The smallest absolute Gasteiger partial charge is 0.410 e. The van der Waals surface area contributed by atoms with Gasteiger partial charge in [0.25, 0.3) is 0 Å². The molecule has 17 heteroatoms. The van der Waals surface area contributed by atoms with E-state index in [0.717, 1.165) is 11.3 Å². The molecule has 4 heterocycles. The Morgan fingerprint density at radius 1 is 0.869 bits per heavy atom. The summed E-state index contributed by atoms with van der Waals surface area (Å²) in [6.45, 7) is 16.2. The number of para-hydroxylation sites is 1. The fraction of sp³-hybridized carbons (Fsp3) is 0.545. The molecule has 2 aliphatic heterocycles. The van der Waals surface area contributed by atoms with Crippen LogP contribution in [0, 0.1) is 0 Å². The van der Waals surface area contributed by atoms with Crippen molar-refractivity contribution in [2.24, 2.45) is 0 Å². The lowest BCUT2D eigenvalue weighted by Gasteiger charge is -2.31. The number of hydrogen-bond acceptors (Lipinski definition) is 14. The number of rotatable bonds is 16. The molecule has 2 aromatic carbocycles. The number of amides is 2. The third-order valence-corrected chi connectivity index (χ3v) is 9.84. The Kier molecular flexibility index (Phi) is 14.2. The molecule has 2 amide bonds. The summed E-state index contributed by atoms with van der Waals surface area (Å²) in [6.07, 6.45) is 0.562. The minimum Gasteiger partial charge on any atom is -0.458 e. The van der Waals surface area contributed by atoms with Crippen molar-refractivity contribution < 1.29 is 42.8 Å². The van der Waals surface area contributed by atoms with Crippen molar-refractivity contribution in [3.63, 3.8) is 0 Å². The molecule has 17 nitrogen and oxygen atoms in total. The van der Waals surface area contributed by atoms with Gasteiger partial charge in [-0.2, -0.15) is 0 Å². The number of nitrogens with one attached hydrogen (secondary N) is 2. The maximum Gasteiger partial charge on any atom is 0.410 e. The van der Waals surface area contributed by atoms with Crippen LogP contribution >= 0.6 is 0 Å². The van der Waals surface area contributed by atoms with E-state index in [-0.39, 0.29) is 13.0 Å². The molecule has 6 rings (SSSR count). The fourth-order valence-electron chi connectivity index (χ4n) is 7.17. The van der Waals surface area contributed by atoms with Crippen molar-refractivity contribution in [3.05, 3.63) is 78.9 Å². The molecule has 61 heavy (non-hydrogen) atoms. The number of nitrogens with zero attached hydrogens (tertiary/aromatic N) is 6. The summed E-state index contributed by atoms with van der Waals surface area (Å²) in [4.78, 5) is 56.9. The monoisotopic (exact) mass is 844 g/mol. The molecule has 4 aromatic rings. The summed E-state index contributed by atoms with van der Waals surface area (Å²) in [5, 5.41) is 6.07. The average molecular weight is 845 g/mol. The van der Waals surface area contributed by atoms with Gasteiger partial charge in [0.2, 0.25) is 0 Å². The van der Waals surface area contributed by atoms with E-state index in [9.17, 15) is 14.4 Å². The molecule has 2 fully saturated rings. The fourth-order valence-corrected chi connectivity index (χ4v) is 7.17. The first kappa shape index (κ1) is 45.2. The Morgan fingerprint density at radius 2 is 1.54 bits per heavy atom. The van der Waals surface area contributed by atoms with Gasteiger partial charge in [0.05, 0.1) is 6.33 Å². The summed E-state index contributed by atoms with van der Waals surface area (Å²) < 4.78 is 38.5. The zero-order valence-corrected chi connectivity index (χ0v) is 36.6. The van der Waals surface area contributed by atoms with Crippen LogP contribution in [0.2, 0.25) is 0 Å². The van der Waals surface area contributed by atoms with E-state index < -0.39 is 65.7 Å². The van der Waals surface area contributed by atoms with Crippen molar-refractivity contribution in [2.75, 3.05) is 38.5 Å². The van der Waals surface area contributed by atoms with E-state index >= 15 is 0 Å². The molecular formula is C44H60N8O9. The Bertz CT molecular complexity index is 2090. The molecule has 2 aliphatic rings. The lowest BCUT2D eigenvalue weighted by atomic mass is 10.1. The second kappa shape index (κ2) is 19.1. The van der Waals surface area contributed by atoms with Gasteiger partial charge < -0.3 is 48.9 Å². The first-order chi connectivity index (χ1) is 28.8. The molecule has 0 radical (unpaired) electrons. The molecule has 0 spiro atoms. The van der Waals surface area contributed by atoms with Crippen molar-refractivity contribution >= 4 is 40.8 Å². The quantitative estimate of drug-likeness (QED) is 0.0913. The van der Waals surface area contributed by atoms with Crippen molar-refractivity contribution in [1.29, 1.82) is 0 Å². The first-order valence-electron chi connectivity index (χ1n) is 20.7. The third kappa shape index (κ3) is 12.6. The van der Waals surface area contributed by atoms with Gasteiger partial charge in [0.1, 0.15) is 48.5 Å². The van der Waals surface area contributed by atoms with Gasteiger partial charge in [0, 0.05) is 32.4 Å². The average Bonchev–Trinajstić information content (AvgIpc) is 3.86. The summed E-state index contributed by atoms with van der Waals surface area (Å²) in [7, 11) is 1.70. The Balaban J connectivity index is 1.22. The van der Waals surface area contributed by atoms with Crippen LogP contribution in [0.5, 0.6) is 0 Å². The number of ether oxygens (including phenoxy) is 6. The van der Waals surface area contributed by atoms with Crippen LogP contribution in [-0.2, 0) is 39.8 Å². The van der Waals surface area contributed by atoms with Crippen LogP contribution in [0.15, 0.2) is 73.3 Å². The van der Waals surface area contributed by atoms with Crippen molar-refractivity contribution in [3.8, 4) is 0 Å². The van der Waals surface area contributed by atoms with Gasteiger partial charge in [-0.05, 0) is 92.5 Å². The number of carbonyl (C=O) groups is 3. The lowest BCUT2D eigenvalue weighted by Crippen LogP contribution is -2.47. The van der Waals surface area contributed by atoms with Crippen LogP contribution < -0.4 is 10.6 Å². The van der Waals surface area contributed by atoms with Crippen molar-refractivity contribution in [1.82, 2.24) is 34.6 Å². The van der Waals surface area contributed by atoms with Crippen LogP contribution in [-0.4, -0.2) is 122 Å². The van der Waals surface area contributed by atoms with Gasteiger partial charge in [-0.1, -0.05) is 48.5 Å². The number of carbonyl (C=O) groups excluding carboxylic acids is 3. The van der Waals surface area contributed by atoms with Crippen molar-refractivity contribution in [2.45, 2.75) is 122 Å². The van der Waals surface area contributed by atoms with Gasteiger partial charge in [-0.25, -0.2) is 29.3 Å². The molecule has 0 aliphatic carbocycles. The second-order valence-corrected chi connectivity index (χ2v) is 17.8. The predicted molar refractivity (Wildman–Crippen MR) is 227 cm³/mol. The largest absolute Gasteiger partial charge is 0.458 e. The standard InChI is InChI=1S/C44H60N8O9/c1-42(2,3)60-39(53)31(49-40(54)56-26-29-17-12-10-13-18-29)21-24-51(23-16-22-50(9)41(55)61-43(4,5)6)25-32-34-35(59-44(7,8)58-34)38(57-32)52-28-47-33-36(45-27-46-37(33)52)48-30-19-14-11-15-20-30/h10-15,17-20,27-28,31-32,34-35,38H,16,21-26H2,1-9H3,(H,49,54)(H,45,46,48)/t31?,32-,34-,35-,38-/m1/s1. The minimum atomic E-state index is -1.03. The van der Waals surface area contributed by atoms with E-state index in [0.29, 0.717) is 49.6 Å². The van der Waals surface area contributed by atoms with Crippen LogP contribution in [0.1, 0.15) is 80.0 Å². The summed E-state index contributed by atoms with van der Waals surface area (Å²) in [5.41, 5.74) is 1.34. The number of fused-ring (bicyclic) bond motifs is 2. The number of esters is 1. The highest BCUT2D eigenvalue weighted by atomic mass is 16.8. The van der Waals surface area contributed by atoms with Gasteiger partial charge >= 0.3 is 18.2 Å². The van der Waals surface area contributed by atoms with E-state index in [1.807, 2.05) is 99.8 Å². The zero-order valence-electron chi connectivity index (χ0n) is 36.6. The molecule has 2 aromatic heterocycles. The number of benzene rings is 2. The molecular weight excluding hydrogens is 785 g/mol.